The molecule has 4 aromatic rings. The van der Waals surface area contributed by atoms with Gasteiger partial charge in [0, 0.05) is 23.1 Å². The third kappa shape index (κ3) is 5.35. The average Bonchev–Trinajstić information content (AvgIpc) is 3.26. The highest BCUT2D eigenvalue weighted by Crippen LogP contribution is 2.28. The fraction of sp³-hybridized carbons (Fsp3) is 0.250. The van der Waals surface area contributed by atoms with Gasteiger partial charge in [-0.15, -0.1) is 0 Å². The molecule has 37 heavy (non-hydrogen) atoms. The molecule has 0 aliphatic heterocycles. The van der Waals surface area contributed by atoms with Crippen LogP contribution >= 0.6 is 0 Å². The summed E-state index contributed by atoms with van der Waals surface area (Å²) in [5, 5.41) is 10.2. The molecule has 0 fully saturated rings. The number of para-hydroxylation sites is 1. The predicted molar refractivity (Wildman–Crippen MR) is 140 cm³/mol. The molecule has 1 aliphatic rings. The molecule has 0 amide bonds. The van der Waals surface area contributed by atoms with E-state index in [1.807, 2.05) is 63.3 Å². The number of hydrogen-bond acceptors (Lipinski definition) is 8. The van der Waals surface area contributed by atoms with Crippen molar-refractivity contribution in [3.63, 3.8) is 0 Å². The normalized spacial score (nSPS) is 14.8. The van der Waals surface area contributed by atoms with E-state index in [0.717, 1.165) is 21.7 Å². The van der Waals surface area contributed by atoms with Crippen molar-refractivity contribution in [3.05, 3.63) is 65.3 Å². The van der Waals surface area contributed by atoms with E-state index in [2.05, 4.69) is 10.4 Å². The van der Waals surface area contributed by atoms with Crippen molar-refractivity contribution >= 4 is 40.9 Å². The molecule has 5 rings (SSSR count). The minimum atomic E-state index is -0.609. The first-order valence-corrected chi connectivity index (χ1v) is 12.0. The summed E-state index contributed by atoms with van der Waals surface area (Å²) in [6, 6.07) is 14.8. The van der Waals surface area contributed by atoms with E-state index in [9.17, 15) is 9.59 Å². The van der Waals surface area contributed by atoms with Gasteiger partial charge in [0.25, 0.3) is 0 Å². The lowest BCUT2D eigenvalue weighted by molar-refractivity contribution is -0.131. The average molecular weight is 498 g/mol. The SMILES string of the molecule is CC(=O)Oc1cccc(-c2nc(NC3C=c4cnn(C(=O)OC(C)(C)C)c4=CC3)c3ccccc3n2)c1. The van der Waals surface area contributed by atoms with Gasteiger partial charge in [-0.3, -0.25) is 4.79 Å². The minimum Gasteiger partial charge on any atom is -0.442 e. The van der Waals surface area contributed by atoms with Crippen LogP contribution in [0.1, 0.15) is 34.1 Å². The quantitative estimate of drug-likeness (QED) is 0.336. The Balaban J connectivity index is 1.48. The van der Waals surface area contributed by atoms with Gasteiger partial charge < -0.3 is 14.8 Å². The second-order valence-corrected chi connectivity index (χ2v) is 9.77. The number of anilines is 1. The summed E-state index contributed by atoms with van der Waals surface area (Å²) in [4.78, 5) is 33.5. The molecule has 1 aliphatic carbocycles. The maximum Gasteiger partial charge on any atom is 0.435 e. The Morgan fingerprint density at radius 3 is 2.68 bits per heavy atom. The molecule has 1 N–H and O–H groups in total. The maximum absolute atomic E-state index is 12.6. The molecule has 0 bridgehead atoms. The van der Waals surface area contributed by atoms with Crippen LogP contribution in [0, 0.1) is 0 Å². The first-order valence-electron chi connectivity index (χ1n) is 12.0. The summed E-state index contributed by atoms with van der Waals surface area (Å²) in [5.41, 5.74) is 0.904. The predicted octanol–water partition coefficient (Wildman–Crippen LogP) is 3.65. The summed E-state index contributed by atoms with van der Waals surface area (Å²) >= 11 is 0. The van der Waals surface area contributed by atoms with Gasteiger partial charge in [0.05, 0.1) is 23.1 Å². The fourth-order valence-corrected chi connectivity index (χ4v) is 4.13. The zero-order chi connectivity index (χ0) is 26.2. The van der Waals surface area contributed by atoms with Crippen molar-refractivity contribution in [2.75, 3.05) is 5.32 Å². The smallest absolute Gasteiger partial charge is 0.435 e. The summed E-state index contributed by atoms with van der Waals surface area (Å²) in [5.74, 6) is 1.22. The Labute approximate surface area is 213 Å². The van der Waals surface area contributed by atoms with Crippen LogP contribution in [0.15, 0.2) is 54.7 Å². The topological polar surface area (TPSA) is 108 Å². The van der Waals surface area contributed by atoms with Crippen molar-refractivity contribution in [2.45, 2.75) is 45.8 Å². The lowest BCUT2D eigenvalue weighted by atomic mass is 10.1. The number of aromatic nitrogens is 4. The van der Waals surface area contributed by atoms with Crippen molar-refractivity contribution < 1.29 is 19.1 Å². The van der Waals surface area contributed by atoms with Gasteiger partial charge in [-0.1, -0.05) is 36.4 Å². The molecule has 1 atom stereocenters. The van der Waals surface area contributed by atoms with Gasteiger partial charge in [-0.05, 0) is 51.5 Å². The molecule has 2 heterocycles. The van der Waals surface area contributed by atoms with Crippen molar-refractivity contribution in [2.24, 2.45) is 0 Å². The van der Waals surface area contributed by atoms with E-state index >= 15 is 0 Å². The number of carbonyl (C=O) groups is 2. The third-order valence-electron chi connectivity index (χ3n) is 5.63. The highest BCUT2D eigenvalue weighted by Gasteiger charge is 2.21. The lowest BCUT2D eigenvalue weighted by Gasteiger charge is -2.20. The molecule has 2 aromatic carbocycles. The number of hydrogen-bond donors (Lipinski definition) is 1. The monoisotopic (exact) mass is 497 g/mol. The molecular formula is C28H27N5O4. The van der Waals surface area contributed by atoms with Crippen LogP contribution in [-0.2, 0) is 9.53 Å². The number of fused-ring (bicyclic) bond motifs is 2. The standard InChI is InChI=1S/C28H27N5O4/c1-17(34)36-21-9-7-8-18(15-21)25-31-23-11-6-5-10-22(23)26(32-25)30-20-12-13-24-19(14-20)16-29-33(24)27(35)37-28(2,3)4/h5-11,13-16,20H,12H2,1-4H3,(H,30,31,32). The Kier molecular flexibility index (Phi) is 6.20. The maximum atomic E-state index is 12.6. The first kappa shape index (κ1) is 24.2. The molecule has 0 saturated heterocycles. The molecular weight excluding hydrogens is 470 g/mol. The zero-order valence-corrected chi connectivity index (χ0v) is 21.1. The Morgan fingerprint density at radius 1 is 1.08 bits per heavy atom. The minimum absolute atomic E-state index is 0.0812. The van der Waals surface area contributed by atoms with E-state index in [0.29, 0.717) is 29.2 Å². The van der Waals surface area contributed by atoms with Crippen molar-refractivity contribution in [3.8, 4) is 17.1 Å². The number of benzene rings is 2. The van der Waals surface area contributed by atoms with Gasteiger partial charge in [0.2, 0.25) is 0 Å². The highest BCUT2D eigenvalue weighted by atomic mass is 16.6. The number of esters is 1. The van der Waals surface area contributed by atoms with Crippen molar-refractivity contribution in [1.82, 2.24) is 19.7 Å². The molecule has 0 saturated carbocycles. The molecule has 9 heteroatoms. The Morgan fingerprint density at radius 2 is 1.89 bits per heavy atom. The van der Waals surface area contributed by atoms with E-state index in [1.165, 1.54) is 11.6 Å². The van der Waals surface area contributed by atoms with E-state index in [4.69, 9.17) is 19.4 Å². The second kappa shape index (κ2) is 9.50. The largest absolute Gasteiger partial charge is 0.442 e. The van der Waals surface area contributed by atoms with Gasteiger partial charge in [-0.2, -0.15) is 9.78 Å². The molecule has 1 unspecified atom stereocenters. The Bertz CT molecular complexity index is 1630. The summed E-state index contributed by atoms with van der Waals surface area (Å²) in [6.45, 7) is 6.83. The van der Waals surface area contributed by atoms with Crippen LogP contribution in [-0.4, -0.2) is 43.5 Å². The highest BCUT2D eigenvalue weighted by molar-refractivity contribution is 5.91. The van der Waals surface area contributed by atoms with Crippen LogP contribution in [0.2, 0.25) is 0 Å². The van der Waals surface area contributed by atoms with Gasteiger partial charge in [0.1, 0.15) is 17.2 Å². The van der Waals surface area contributed by atoms with Crippen molar-refractivity contribution in [1.29, 1.82) is 0 Å². The van der Waals surface area contributed by atoms with Gasteiger partial charge in [-0.25, -0.2) is 14.8 Å². The third-order valence-corrected chi connectivity index (χ3v) is 5.63. The van der Waals surface area contributed by atoms with Crippen LogP contribution in [0.5, 0.6) is 5.75 Å². The number of carbonyl (C=O) groups excluding carboxylic acids is 2. The van der Waals surface area contributed by atoms with E-state index < -0.39 is 17.7 Å². The zero-order valence-electron chi connectivity index (χ0n) is 21.1. The number of nitrogens with one attached hydrogen (secondary N) is 1. The Hall–Kier alpha value is -4.53. The summed E-state index contributed by atoms with van der Waals surface area (Å²) in [7, 11) is 0. The molecule has 9 nitrogen and oxygen atoms in total. The van der Waals surface area contributed by atoms with Crippen LogP contribution in [0.25, 0.3) is 34.4 Å². The van der Waals surface area contributed by atoms with E-state index in [-0.39, 0.29) is 6.04 Å². The van der Waals surface area contributed by atoms with Gasteiger partial charge in [0.15, 0.2) is 5.82 Å². The van der Waals surface area contributed by atoms with E-state index in [1.54, 1.807) is 24.4 Å². The molecule has 0 radical (unpaired) electrons. The first-order chi connectivity index (χ1) is 17.7. The second-order valence-electron chi connectivity index (χ2n) is 9.77. The van der Waals surface area contributed by atoms with Gasteiger partial charge >= 0.3 is 12.1 Å². The molecule has 0 spiro atoms. The summed E-state index contributed by atoms with van der Waals surface area (Å²) in [6.07, 6.45) is 5.77. The van der Waals surface area contributed by atoms with Crippen LogP contribution in [0.3, 0.4) is 0 Å². The van der Waals surface area contributed by atoms with Crippen LogP contribution in [0.4, 0.5) is 10.6 Å². The van der Waals surface area contributed by atoms with Crippen LogP contribution < -0.4 is 20.6 Å². The number of nitrogens with zero attached hydrogens (tertiary/aromatic N) is 4. The number of ether oxygens (including phenoxy) is 2. The summed E-state index contributed by atoms with van der Waals surface area (Å²) < 4.78 is 12.0. The molecule has 2 aromatic heterocycles. The number of rotatable bonds is 4. The molecule has 188 valence electrons. The fourth-order valence-electron chi connectivity index (χ4n) is 4.13. The lowest BCUT2D eigenvalue weighted by Crippen LogP contribution is -2.40.